The van der Waals surface area contributed by atoms with Crippen molar-refractivity contribution in [3.05, 3.63) is 29.4 Å². The number of benzene rings is 1. The van der Waals surface area contributed by atoms with Gasteiger partial charge in [-0.1, -0.05) is 6.07 Å². The van der Waals surface area contributed by atoms with Crippen molar-refractivity contribution >= 4 is 39.2 Å². The van der Waals surface area contributed by atoms with Crippen LogP contribution in [0.15, 0.2) is 29.3 Å². The van der Waals surface area contributed by atoms with Crippen molar-refractivity contribution in [2.24, 2.45) is 0 Å². The van der Waals surface area contributed by atoms with E-state index in [0.29, 0.717) is 23.7 Å². The van der Waals surface area contributed by atoms with E-state index < -0.39 is 27.7 Å². The summed E-state index contributed by atoms with van der Waals surface area (Å²) in [5.74, 6) is 0.202. The summed E-state index contributed by atoms with van der Waals surface area (Å²) < 4.78 is 39.4. The van der Waals surface area contributed by atoms with Crippen molar-refractivity contribution < 1.29 is 32.6 Å². The number of aromatic nitrogens is 1. The van der Waals surface area contributed by atoms with E-state index in [1.165, 1.54) is 23.5 Å². The molecule has 0 atom stereocenters. The fourth-order valence-electron chi connectivity index (χ4n) is 4.33. The summed E-state index contributed by atoms with van der Waals surface area (Å²) in [6.45, 7) is 6.10. The highest BCUT2D eigenvalue weighted by molar-refractivity contribution is 7.89. The molecule has 2 amide bonds. The summed E-state index contributed by atoms with van der Waals surface area (Å²) >= 11 is 1.43. The maximum absolute atomic E-state index is 13.2. The molecule has 2 aliphatic rings. The fourth-order valence-corrected chi connectivity index (χ4v) is 7.18. The normalized spacial score (nSPS) is 20.6. The second kappa shape index (κ2) is 10.9. The van der Waals surface area contributed by atoms with Gasteiger partial charge >= 0.3 is 12.2 Å². The molecular formula is C24H32N4O7S2. The van der Waals surface area contributed by atoms with Gasteiger partial charge in [-0.2, -0.15) is 0 Å². The van der Waals surface area contributed by atoms with Crippen LogP contribution >= 0.6 is 11.3 Å². The molecule has 2 fully saturated rings. The van der Waals surface area contributed by atoms with Gasteiger partial charge in [0.05, 0.1) is 28.0 Å². The first-order chi connectivity index (χ1) is 17.4. The first kappa shape index (κ1) is 27.3. The van der Waals surface area contributed by atoms with E-state index in [1.54, 1.807) is 33.0 Å². The molecule has 11 nitrogen and oxygen atoms in total. The second-order valence-electron chi connectivity index (χ2n) is 10.3. The van der Waals surface area contributed by atoms with Crippen LogP contribution in [-0.2, 0) is 19.5 Å². The number of sulfonamides is 1. The lowest BCUT2D eigenvalue weighted by molar-refractivity contribution is -0.0985. The van der Waals surface area contributed by atoms with Crippen LogP contribution in [0.3, 0.4) is 0 Å². The van der Waals surface area contributed by atoms with Crippen molar-refractivity contribution in [1.82, 2.24) is 15.0 Å². The zero-order chi connectivity index (χ0) is 26.8. The molecule has 1 aliphatic heterocycles. The third-order valence-corrected chi connectivity index (χ3v) is 9.02. The van der Waals surface area contributed by atoms with Gasteiger partial charge in [0.25, 0.3) is 0 Å². The smallest absolute Gasteiger partial charge is 0.409 e. The number of nitrogens with zero attached hydrogens (tertiary/aromatic N) is 1. The number of rotatable bonds is 7. The zero-order valence-electron chi connectivity index (χ0n) is 20.9. The number of thiazole rings is 1. The van der Waals surface area contributed by atoms with Crippen LogP contribution in [0, 0.1) is 0 Å². The minimum atomic E-state index is -3.96. The molecule has 2 heterocycles. The van der Waals surface area contributed by atoms with Crippen molar-refractivity contribution in [3.63, 3.8) is 0 Å². The van der Waals surface area contributed by atoms with E-state index in [1.807, 2.05) is 0 Å². The number of alkyl carbamates (subject to hydrolysis) is 1. The minimum Gasteiger partial charge on any atom is -0.465 e. The first-order valence-corrected chi connectivity index (χ1v) is 14.4. The lowest BCUT2D eigenvalue weighted by Gasteiger charge is -2.30. The third kappa shape index (κ3) is 7.18. The molecule has 1 aliphatic carbocycles. The van der Waals surface area contributed by atoms with Crippen molar-refractivity contribution in [1.29, 1.82) is 0 Å². The average Bonchev–Trinajstić information content (AvgIpc) is 3.25. The van der Waals surface area contributed by atoms with Gasteiger partial charge in [0, 0.05) is 34.9 Å². The van der Waals surface area contributed by atoms with Gasteiger partial charge in [-0.05, 0) is 58.6 Å². The molecule has 2 aromatic rings. The number of ether oxygens (including phenoxy) is 2. The Bertz CT molecular complexity index is 1240. The van der Waals surface area contributed by atoms with Crippen molar-refractivity contribution in [2.45, 2.75) is 75.0 Å². The average molecular weight is 553 g/mol. The molecule has 4 rings (SSSR count). The van der Waals surface area contributed by atoms with Crippen LogP contribution in [0.2, 0.25) is 0 Å². The number of carboxylic acid groups (broad SMARTS) is 1. The summed E-state index contributed by atoms with van der Waals surface area (Å²) in [6.07, 6.45) is 3.07. The summed E-state index contributed by atoms with van der Waals surface area (Å²) in [5.41, 5.74) is -0.116. The minimum absolute atomic E-state index is 0.0211. The topological polar surface area (TPSA) is 156 Å². The van der Waals surface area contributed by atoms with Crippen molar-refractivity contribution in [2.75, 3.05) is 18.5 Å². The van der Waals surface area contributed by atoms with Gasteiger partial charge in [-0.25, -0.2) is 27.7 Å². The molecule has 202 valence electrons. The second-order valence-corrected chi connectivity index (χ2v) is 13.0. The molecule has 37 heavy (non-hydrogen) atoms. The van der Waals surface area contributed by atoms with Gasteiger partial charge in [0.15, 0.2) is 6.10 Å². The largest absolute Gasteiger partial charge is 0.465 e. The van der Waals surface area contributed by atoms with E-state index >= 15 is 0 Å². The van der Waals surface area contributed by atoms with Crippen LogP contribution in [0.25, 0.3) is 10.4 Å². The highest BCUT2D eigenvalue weighted by Crippen LogP contribution is 2.40. The summed E-state index contributed by atoms with van der Waals surface area (Å²) in [6, 6.07) is 4.49. The first-order valence-electron chi connectivity index (χ1n) is 12.1. The Morgan fingerprint density at radius 3 is 2.46 bits per heavy atom. The predicted octanol–water partition coefficient (Wildman–Crippen LogP) is 4.13. The van der Waals surface area contributed by atoms with Crippen LogP contribution in [0.1, 0.15) is 57.4 Å². The standard InChI is InChI=1S/C24H32N4O7S2/c1-24(2,3)28-37(32,33)20-10-16(26-22(29)30)8-9-18(20)19-11-25-21(36-19)14-4-6-15(7-5-14)27-23(31)35-17-12-34-13-17/h8-11,14-15,17,26,28H,4-7,12-13H2,1-3H3,(H,27,31)(H,29,30). The van der Waals surface area contributed by atoms with Crippen molar-refractivity contribution in [3.8, 4) is 10.4 Å². The van der Waals surface area contributed by atoms with E-state index in [9.17, 15) is 18.0 Å². The number of nitrogens with one attached hydrogen (secondary N) is 3. The van der Waals surface area contributed by atoms with Gasteiger partial charge in [-0.3, -0.25) is 5.32 Å². The van der Waals surface area contributed by atoms with Crippen LogP contribution < -0.4 is 15.4 Å². The van der Waals surface area contributed by atoms with Crippen LogP contribution in [0.5, 0.6) is 0 Å². The number of amides is 2. The molecular weight excluding hydrogens is 520 g/mol. The number of anilines is 1. The van der Waals surface area contributed by atoms with E-state index in [2.05, 4.69) is 20.3 Å². The van der Waals surface area contributed by atoms with E-state index in [0.717, 1.165) is 30.7 Å². The Kier molecular flexibility index (Phi) is 8.07. The van der Waals surface area contributed by atoms with Crippen LogP contribution in [-0.4, -0.2) is 61.6 Å². The van der Waals surface area contributed by atoms with Crippen LogP contribution in [0.4, 0.5) is 15.3 Å². The predicted molar refractivity (Wildman–Crippen MR) is 138 cm³/mol. The maximum atomic E-state index is 13.2. The molecule has 1 aromatic carbocycles. The number of hydrogen-bond donors (Lipinski definition) is 4. The van der Waals surface area contributed by atoms with E-state index in [-0.39, 0.29) is 28.6 Å². The molecule has 0 bridgehead atoms. The van der Waals surface area contributed by atoms with Gasteiger partial charge in [0.2, 0.25) is 10.0 Å². The molecule has 1 saturated carbocycles. The quantitative estimate of drug-likeness (QED) is 0.400. The number of hydrogen-bond acceptors (Lipinski definition) is 8. The highest BCUT2D eigenvalue weighted by Gasteiger charge is 2.30. The summed E-state index contributed by atoms with van der Waals surface area (Å²) in [4.78, 5) is 28.4. The SMILES string of the molecule is CC(C)(C)NS(=O)(=O)c1cc(NC(=O)O)ccc1-c1cnc(C2CCC(NC(=O)OC3COC3)CC2)s1. The molecule has 0 unspecified atom stereocenters. The third-order valence-electron chi connectivity index (χ3n) is 6.03. The molecule has 0 spiro atoms. The Morgan fingerprint density at radius 1 is 1.16 bits per heavy atom. The molecule has 4 N–H and O–H groups in total. The van der Waals surface area contributed by atoms with Gasteiger partial charge in [0.1, 0.15) is 0 Å². The number of carbonyl (C=O) groups excluding carboxylic acids is 1. The fraction of sp³-hybridized carbons (Fsp3) is 0.542. The zero-order valence-corrected chi connectivity index (χ0v) is 22.6. The maximum Gasteiger partial charge on any atom is 0.409 e. The molecule has 1 aromatic heterocycles. The highest BCUT2D eigenvalue weighted by atomic mass is 32.2. The Hall–Kier alpha value is -2.74. The lowest BCUT2D eigenvalue weighted by Crippen LogP contribution is -2.44. The molecule has 1 saturated heterocycles. The molecule has 0 radical (unpaired) electrons. The summed E-state index contributed by atoms with van der Waals surface area (Å²) in [5, 5.41) is 15.1. The monoisotopic (exact) mass is 552 g/mol. The van der Waals surface area contributed by atoms with Gasteiger partial charge in [-0.15, -0.1) is 11.3 Å². The Balaban J connectivity index is 1.48. The van der Waals surface area contributed by atoms with E-state index in [4.69, 9.17) is 14.6 Å². The lowest BCUT2D eigenvalue weighted by atomic mass is 9.86. The Labute approximate surface area is 220 Å². The Morgan fingerprint density at radius 2 is 1.86 bits per heavy atom. The van der Waals surface area contributed by atoms with Gasteiger partial charge < -0.3 is 19.9 Å². The number of carbonyl (C=O) groups is 2. The summed E-state index contributed by atoms with van der Waals surface area (Å²) in [7, 11) is -3.96. The molecule has 13 heteroatoms.